The molecule has 0 amide bonds. The molecule has 3 rings (SSSR count). The third kappa shape index (κ3) is 1.92. The molecule has 6 nitrogen and oxygen atoms in total. The maximum Gasteiger partial charge on any atom is 0.131 e. The lowest BCUT2D eigenvalue weighted by Gasteiger charge is -2.34. The van der Waals surface area contributed by atoms with E-state index in [1.165, 1.54) is 0 Å². The van der Waals surface area contributed by atoms with Gasteiger partial charge in [-0.15, -0.1) is 5.10 Å². The summed E-state index contributed by atoms with van der Waals surface area (Å²) in [6.45, 7) is 2.82. The second kappa shape index (κ2) is 4.53. The zero-order valence-electron chi connectivity index (χ0n) is 10.7. The Labute approximate surface area is 106 Å². The highest BCUT2D eigenvalue weighted by Crippen LogP contribution is 2.34. The van der Waals surface area contributed by atoms with Crippen molar-refractivity contribution in [2.24, 2.45) is 7.05 Å². The van der Waals surface area contributed by atoms with Gasteiger partial charge in [0.1, 0.15) is 5.69 Å². The summed E-state index contributed by atoms with van der Waals surface area (Å²) in [4.78, 5) is 4.09. The molecule has 0 aliphatic heterocycles. The van der Waals surface area contributed by atoms with Gasteiger partial charge < -0.3 is 9.30 Å². The number of nitrogens with zero attached hydrogens (tertiary/aromatic N) is 5. The van der Waals surface area contributed by atoms with Gasteiger partial charge in [-0.3, -0.25) is 0 Å². The maximum absolute atomic E-state index is 5.55. The average Bonchev–Trinajstić information content (AvgIpc) is 2.91. The van der Waals surface area contributed by atoms with Gasteiger partial charge in [-0.05, 0) is 19.8 Å². The van der Waals surface area contributed by atoms with Crippen LogP contribution in [0.2, 0.25) is 0 Å². The van der Waals surface area contributed by atoms with Crippen molar-refractivity contribution in [3.05, 3.63) is 18.7 Å². The fraction of sp³-hybridized carbons (Fsp3) is 0.583. The molecule has 0 bridgehead atoms. The fourth-order valence-corrected chi connectivity index (χ4v) is 2.30. The third-order valence-electron chi connectivity index (χ3n) is 3.44. The summed E-state index contributed by atoms with van der Waals surface area (Å²) in [5.74, 6) is 0. The van der Waals surface area contributed by atoms with Crippen LogP contribution in [-0.2, 0) is 11.8 Å². The van der Waals surface area contributed by atoms with Gasteiger partial charge in [0.25, 0.3) is 0 Å². The van der Waals surface area contributed by atoms with Crippen molar-refractivity contribution in [2.45, 2.75) is 31.9 Å². The molecule has 0 aromatic carbocycles. The first kappa shape index (κ1) is 11.4. The van der Waals surface area contributed by atoms with E-state index in [0.717, 1.165) is 30.8 Å². The van der Waals surface area contributed by atoms with Gasteiger partial charge in [-0.2, -0.15) is 0 Å². The summed E-state index contributed by atoms with van der Waals surface area (Å²) in [7, 11) is 1.95. The molecular formula is C12H17N5O. The van der Waals surface area contributed by atoms with Crippen molar-refractivity contribution in [2.75, 3.05) is 6.61 Å². The standard InChI is InChI=1S/C12H17N5O/c1-3-18-10-4-9(5-10)17-7-11(14-15-17)12-6-13-8-16(12)2/h6-10H,3-5H2,1-2H3. The van der Waals surface area contributed by atoms with Gasteiger partial charge in [0.15, 0.2) is 0 Å². The number of hydrogen-bond acceptors (Lipinski definition) is 4. The Kier molecular flexibility index (Phi) is 2.87. The molecule has 1 saturated carbocycles. The minimum absolute atomic E-state index is 0.393. The lowest BCUT2D eigenvalue weighted by atomic mass is 9.89. The minimum Gasteiger partial charge on any atom is -0.378 e. The van der Waals surface area contributed by atoms with Gasteiger partial charge in [0, 0.05) is 13.7 Å². The fourth-order valence-electron chi connectivity index (χ4n) is 2.30. The average molecular weight is 247 g/mol. The number of imidazole rings is 1. The Morgan fingerprint density at radius 3 is 2.94 bits per heavy atom. The predicted octanol–water partition coefficient (Wildman–Crippen LogP) is 1.42. The lowest BCUT2D eigenvalue weighted by Crippen LogP contribution is -2.33. The van der Waals surface area contributed by atoms with E-state index in [1.54, 1.807) is 12.5 Å². The largest absolute Gasteiger partial charge is 0.378 e. The Hall–Kier alpha value is -1.69. The summed E-state index contributed by atoms with van der Waals surface area (Å²) in [6, 6.07) is 0.427. The van der Waals surface area contributed by atoms with Crippen LogP contribution in [0.5, 0.6) is 0 Å². The molecule has 2 aromatic rings. The molecule has 1 fully saturated rings. The topological polar surface area (TPSA) is 57.8 Å². The second-order valence-corrected chi connectivity index (χ2v) is 4.68. The highest BCUT2D eigenvalue weighted by atomic mass is 16.5. The van der Waals surface area contributed by atoms with Crippen LogP contribution in [0.4, 0.5) is 0 Å². The van der Waals surface area contributed by atoms with Crippen molar-refractivity contribution in [1.82, 2.24) is 24.5 Å². The van der Waals surface area contributed by atoms with Gasteiger partial charge in [0.05, 0.1) is 36.6 Å². The highest BCUT2D eigenvalue weighted by molar-refractivity contribution is 5.51. The molecule has 0 saturated heterocycles. The van der Waals surface area contributed by atoms with Crippen LogP contribution in [0.25, 0.3) is 11.4 Å². The highest BCUT2D eigenvalue weighted by Gasteiger charge is 2.31. The van der Waals surface area contributed by atoms with Gasteiger partial charge >= 0.3 is 0 Å². The van der Waals surface area contributed by atoms with Crippen molar-refractivity contribution >= 4 is 0 Å². The van der Waals surface area contributed by atoms with E-state index in [0.29, 0.717) is 12.1 Å². The van der Waals surface area contributed by atoms with E-state index in [9.17, 15) is 0 Å². The van der Waals surface area contributed by atoms with E-state index in [4.69, 9.17) is 4.74 Å². The summed E-state index contributed by atoms with van der Waals surface area (Å²) in [6.07, 6.45) is 8.01. The predicted molar refractivity (Wildman–Crippen MR) is 65.9 cm³/mol. The molecule has 18 heavy (non-hydrogen) atoms. The number of rotatable bonds is 4. The van der Waals surface area contributed by atoms with Gasteiger partial charge in [-0.1, -0.05) is 5.21 Å². The van der Waals surface area contributed by atoms with Crippen LogP contribution >= 0.6 is 0 Å². The zero-order chi connectivity index (χ0) is 12.5. The van der Waals surface area contributed by atoms with Crippen LogP contribution in [0.3, 0.4) is 0 Å². The van der Waals surface area contributed by atoms with E-state index < -0.39 is 0 Å². The first-order valence-electron chi connectivity index (χ1n) is 6.28. The summed E-state index contributed by atoms with van der Waals surface area (Å²) >= 11 is 0. The van der Waals surface area contributed by atoms with Crippen LogP contribution < -0.4 is 0 Å². The van der Waals surface area contributed by atoms with Gasteiger partial charge in [0.2, 0.25) is 0 Å². The van der Waals surface area contributed by atoms with Gasteiger partial charge in [-0.25, -0.2) is 9.67 Å². The lowest BCUT2D eigenvalue weighted by molar-refractivity contribution is -0.0231. The normalized spacial score (nSPS) is 23.0. The van der Waals surface area contributed by atoms with Crippen molar-refractivity contribution < 1.29 is 4.74 Å². The molecule has 0 spiro atoms. The molecule has 6 heteroatoms. The molecule has 1 aliphatic rings. The molecule has 0 radical (unpaired) electrons. The molecule has 0 N–H and O–H groups in total. The number of aromatic nitrogens is 5. The summed E-state index contributed by atoms with van der Waals surface area (Å²) in [5.41, 5.74) is 1.86. The van der Waals surface area contributed by atoms with E-state index in [1.807, 2.05) is 29.4 Å². The van der Waals surface area contributed by atoms with Crippen molar-refractivity contribution in [1.29, 1.82) is 0 Å². The Balaban J connectivity index is 1.70. The van der Waals surface area contributed by atoms with Crippen LogP contribution in [0.1, 0.15) is 25.8 Å². The Morgan fingerprint density at radius 2 is 2.28 bits per heavy atom. The van der Waals surface area contributed by atoms with Crippen molar-refractivity contribution in [3.63, 3.8) is 0 Å². The molecule has 2 aromatic heterocycles. The summed E-state index contributed by atoms with van der Waals surface area (Å²) in [5, 5.41) is 8.40. The monoisotopic (exact) mass is 247 g/mol. The second-order valence-electron chi connectivity index (χ2n) is 4.68. The quantitative estimate of drug-likeness (QED) is 0.820. The third-order valence-corrected chi connectivity index (χ3v) is 3.44. The molecule has 0 atom stereocenters. The SMILES string of the molecule is CCOC1CC(n2cc(-c3cncn3C)nn2)C1. The molecule has 0 unspecified atom stereocenters. The Morgan fingerprint density at radius 1 is 1.44 bits per heavy atom. The van der Waals surface area contributed by atoms with Crippen LogP contribution in [0, 0.1) is 0 Å². The molecule has 1 aliphatic carbocycles. The first-order chi connectivity index (χ1) is 8.78. The summed E-state index contributed by atoms with van der Waals surface area (Å²) < 4.78 is 9.44. The first-order valence-corrected chi connectivity index (χ1v) is 6.28. The number of ether oxygens (including phenoxy) is 1. The number of aryl methyl sites for hydroxylation is 1. The van der Waals surface area contributed by atoms with E-state index in [2.05, 4.69) is 15.3 Å². The zero-order valence-corrected chi connectivity index (χ0v) is 10.7. The molecule has 2 heterocycles. The van der Waals surface area contributed by atoms with E-state index in [-0.39, 0.29) is 0 Å². The molecular weight excluding hydrogens is 230 g/mol. The maximum atomic E-state index is 5.55. The van der Waals surface area contributed by atoms with Crippen LogP contribution in [-0.4, -0.2) is 37.3 Å². The van der Waals surface area contributed by atoms with Crippen LogP contribution in [0.15, 0.2) is 18.7 Å². The molecule has 96 valence electrons. The Bertz CT molecular complexity index is 526. The minimum atomic E-state index is 0.393. The smallest absolute Gasteiger partial charge is 0.131 e. The van der Waals surface area contributed by atoms with E-state index >= 15 is 0 Å². The number of hydrogen-bond donors (Lipinski definition) is 0. The van der Waals surface area contributed by atoms with Crippen molar-refractivity contribution in [3.8, 4) is 11.4 Å².